The lowest BCUT2D eigenvalue weighted by Crippen LogP contribution is -2.46. The number of anilines is 1. The Bertz CT molecular complexity index is 473. The molecule has 7 heteroatoms. The van der Waals surface area contributed by atoms with Crippen molar-refractivity contribution in [2.24, 2.45) is 0 Å². The summed E-state index contributed by atoms with van der Waals surface area (Å²) in [5.74, 6) is 0. The third-order valence-corrected chi connectivity index (χ3v) is 4.13. The van der Waals surface area contributed by atoms with Crippen LogP contribution in [0.3, 0.4) is 0 Å². The Balaban J connectivity index is 2.06. The molecule has 1 aliphatic rings. The highest BCUT2D eigenvalue weighted by Gasteiger charge is 2.34. The van der Waals surface area contributed by atoms with Crippen LogP contribution in [0.25, 0.3) is 0 Å². The van der Waals surface area contributed by atoms with E-state index in [4.69, 9.17) is 0 Å². The zero-order valence-electron chi connectivity index (χ0n) is 11.9. The van der Waals surface area contributed by atoms with E-state index in [9.17, 15) is 13.2 Å². The van der Waals surface area contributed by atoms with Crippen molar-refractivity contribution < 1.29 is 13.2 Å². The molecule has 0 radical (unpaired) electrons. The number of nitrogens with one attached hydrogen (secondary N) is 1. The molecule has 1 aromatic rings. The van der Waals surface area contributed by atoms with Gasteiger partial charge in [-0.2, -0.15) is 13.2 Å². The van der Waals surface area contributed by atoms with Gasteiger partial charge in [0, 0.05) is 56.5 Å². The summed E-state index contributed by atoms with van der Waals surface area (Å²) in [7, 11) is 1.71. The third kappa shape index (κ3) is 4.59. The molecule has 1 aliphatic heterocycles. The molecule has 2 rings (SSSR count). The maximum Gasteiger partial charge on any atom is 0.418 e. The van der Waals surface area contributed by atoms with E-state index in [0.717, 1.165) is 38.8 Å². The second-order valence-electron chi connectivity index (χ2n) is 5.17. The van der Waals surface area contributed by atoms with Gasteiger partial charge in [-0.3, -0.25) is 4.90 Å². The number of nitrogens with zero attached hydrogens (tertiary/aromatic N) is 2. The van der Waals surface area contributed by atoms with Gasteiger partial charge < -0.3 is 10.2 Å². The van der Waals surface area contributed by atoms with Crippen molar-refractivity contribution >= 4 is 21.6 Å². The van der Waals surface area contributed by atoms with Crippen LogP contribution in [-0.2, 0) is 6.18 Å². The predicted molar refractivity (Wildman–Crippen MR) is 81.7 cm³/mol. The summed E-state index contributed by atoms with van der Waals surface area (Å²) in [6.07, 6.45) is -4.34. The summed E-state index contributed by atoms with van der Waals surface area (Å²) >= 11 is 3.11. The van der Waals surface area contributed by atoms with Crippen LogP contribution in [0.1, 0.15) is 5.56 Å². The van der Waals surface area contributed by atoms with Crippen LogP contribution in [0, 0.1) is 0 Å². The topological polar surface area (TPSA) is 18.5 Å². The monoisotopic (exact) mass is 365 g/mol. The van der Waals surface area contributed by atoms with Gasteiger partial charge in [-0.25, -0.2) is 0 Å². The number of rotatable bonds is 4. The number of benzene rings is 1. The number of hydrogen-bond acceptors (Lipinski definition) is 3. The van der Waals surface area contributed by atoms with Crippen LogP contribution in [0.4, 0.5) is 18.9 Å². The van der Waals surface area contributed by atoms with Gasteiger partial charge in [0.05, 0.1) is 5.56 Å². The Kier molecular flexibility index (Phi) is 5.51. The van der Waals surface area contributed by atoms with Gasteiger partial charge in [0.2, 0.25) is 0 Å². The lowest BCUT2D eigenvalue weighted by Gasteiger charge is -2.30. The second-order valence-corrected chi connectivity index (χ2v) is 6.09. The fraction of sp³-hybridized carbons (Fsp3) is 0.571. The third-order valence-electron chi connectivity index (χ3n) is 3.64. The van der Waals surface area contributed by atoms with Crippen molar-refractivity contribution in [1.82, 2.24) is 10.2 Å². The molecule has 0 aliphatic carbocycles. The molecular weight excluding hydrogens is 347 g/mol. The maximum absolute atomic E-state index is 13.1. The first-order chi connectivity index (χ1) is 9.88. The zero-order valence-corrected chi connectivity index (χ0v) is 13.5. The summed E-state index contributed by atoms with van der Waals surface area (Å²) in [5, 5.41) is 3.26. The standard InChI is InChI=1S/C14H19BrF3N3/c1-20(8-9-21-6-4-19-5-7-21)13-3-2-11(15)10-12(13)14(16,17)18/h2-3,10,19H,4-9H2,1H3. The van der Waals surface area contributed by atoms with Crippen molar-refractivity contribution in [2.45, 2.75) is 6.18 Å². The Hall–Kier alpha value is -0.790. The molecule has 0 atom stereocenters. The molecule has 0 spiro atoms. The molecule has 118 valence electrons. The van der Waals surface area contributed by atoms with E-state index in [1.54, 1.807) is 18.0 Å². The molecule has 1 fully saturated rings. The minimum atomic E-state index is -4.34. The zero-order chi connectivity index (χ0) is 15.5. The SMILES string of the molecule is CN(CCN1CCNCC1)c1ccc(Br)cc1C(F)(F)F. The average molecular weight is 366 g/mol. The van der Waals surface area contributed by atoms with Crippen molar-refractivity contribution in [3.63, 3.8) is 0 Å². The number of halogens is 4. The van der Waals surface area contributed by atoms with E-state index in [-0.39, 0.29) is 5.69 Å². The number of piperazine rings is 1. The van der Waals surface area contributed by atoms with E-state index < -0.39 is 11.7 Å². The predicted octanol–water partition coefficient (Wildman–Crippen LogP) is 2.81. The number of alkyl halides is 3. The molecule has 3 nitrogen and oxygen atoms in total. The largest absolute Gasteiger partial charge is 0.418 e. The van der Waals surface area contributed by atoms with Gasteiger partial charge in [-0.15, -0.1) is 0 Å². The van der Waals surface area contributed by atoms with Crippen LogP contribution in [0.2, 0.25) is 0 Å². The van der Waals surface area contributed by atoms with Crippen molar-refractivity contribution in [2.75, 3.05) is 51.2 Å². The quantitative estimate of drug-likeness (QED) is 0.884. The van der Waals surface area contributed by atoms with E-state index >= 15 is 0 Å². The summed E-state index contributed by atoms with van der Waals surface area (Å²) in [6.45, 7) is 5.11. The van der Waals surface area contributed by atoms with Gasteiger partial charge in [0.15, 0.2) is 0 Å². The highest BCUT2D eigenvalue weighted by Crippen LogP contribution is 2.37. The molecule has 0 unspecified atom stereocenters. The molecule has 1 aromatic carbocycles. The first kappa shape index (κ1) is 16.6. The fourth-order valence-corrected chi connectivity index (χ4v) is 2.78. The van der Waals surface area contributed by atoms with Crippen LogP contribution in [0.15, 0.2) is 22.7 Å². The number of hydrogen-bond donors (Lipinski definition) is 1. The Morgan fingerprint density at radius 3 is 2.57 bits per heavy atom. The highest BCUT2D eigenvalue weighted by molar-refractivity contribution is 9.10. The Morgan fingerprint density at radius 2 is 1.95 bits per heavy atom. The molecule has 21 heavy (non-hydrogen) atoms. The maximum atomic E-state index is 13.1. The Morgan fingerprint density at radius 1 is 1.29 bits per heavy atom. The summed E-state index contributed by atoms with van der Waals surface area (Å²) < 4.78 is 39.8. The van der Waals surface area contributed by atoms with Gasteiger partial charge in [-0.1, -0.05) is 15.9 Å². The smallest absolute Gasteiger partial charge is 0.373 e. The van der Waals surface area contributed by atoms with E-state index in [0.29, 0.717) is 11.0 Å². The first-order valence-corrected chi connectivity index (χ1v) is 7.68. The van der Waals surface area contributed by atoms with Crippen LogP contribution in [0.5, 0.6) is 0 Å². The van der Waals surface area contributed by atoms with Crippen LogP contribution >= 0.6 is 15.9 Å². The molecular formula is C14H19BrF3N3. The lowest BCUT2D eigenvalue weighted by molar-refractivity contribution is -0.137. The molecule has 1 saturated heterocycles. The van der Waals surface area contributed by atoms with Gasteiger partial charge >= 0.3 is 6.18 Å². The van der Waals surface area contributed by atoms with Crippen molar-refractivity contribution in [3.05, 3.63) is 28.2 Å². The van der Waals surface area contributed by atoms with E-state index in [2.05, 4.69) is 26.1 Å². The second kappa shape index (κ2) is 6.98. The van der Waals surface area contributed by atoms with Gasteiger partial charge in [0.25, 0.3) is 0 Å². The lowest BCUT2D eigenvalue weighted by atomic mass is 10.1. The minimum Gasteiger partial charge on any atom is -0.373 e. The normalized spacial score (nSPS) is 17.0. The summed E-state index contributed by atoms with van der Waals surface area (Å²) in [4.78, 5) is 3.94. The Labute approximate surface area is 131 Å². The highest BCUT2D eigenvalue weighted by atomic mass is 79.9. The molecule has 1 N–H and O–H groups in total. The van der Waals surface area contributed by atoms with Gasteiger partial charge in [-0.05, 0) is 18.2 Å². The first-order valence-electron chi connectivity index (χ1n) is 6.89. The summed E-state index contributed by atoms with van der Waals surface area (Å²) in [5.41, 5.74) is -0.375. The molecule has 0 saturated carbocycles. The number of likely N-dealkylation sites (N-methyl/N-ethyl adjacent to an activating group) is 1. The van der Waals surface area contributed by atoms with E-state index in [1.807, 2.05) is 0 Å². The molecule has 0 bridgehead atoms. The fourth-order valence-electron chi connectivity index (χ4n) is 2.41. The van der Waals surface area contributed by atoms with Crippen molar-refractivity contribution in [3.8, 4) is 0 Å². The average Bonchev–Trinajstić information content (AvgIpc) is 2.45. The van der Waals surface area contributed by atoms with E-state index in [1.165, 1.54) is 6.07 Å². The summed E-state index contributed by atoms with van der Waals surface area (Å²) in [6, 6.07) is 4.30. The van der Waals surface area contributed by atoms with Crippen LogP contribution in [-0.4, -0.2) is 51.2 Å². The molecule has 0 aromatic heterocycles. The van der Waals surface area contributed by atoms with Crippen molar-refractivity contribution in [1.29, 1.82) is 0 Å². The van der Waals surface area contributed by atoms with Crippen LogP contribution < -0.4 is 10.2 Å². The molecule has 0 amide bonds. The molecule has 1 heterocycles. The van der Waals surface area contributed by atoms with Gasteiger partial charge in [0.1, 0.15) is 0 Å². The minimum absolute atomic E-state index is 0.223.